The van der Waals surface area contributed by atoms with Crippen LogP contribution in [0.5, 0.6) is 5.88 Å². The van der Waals surface area contributed by atoms with Crippen molar-refractivity contribution in [2.75, 3.05) is 6.61 Å². The predicted octanol–water partition coefficient (Wildman–Crippen LogP) is 3.22. The number of alkyl halides is 1. The molecule has 1 atom stereocenters. The van der Waals surface area contributed by atoms with Crippen LogP contribution in [0.25, 0.3) is 10.8 Å². The van der Waals surface area contributed by atoms with Crippen LogP contribution in [0.2, 0.25) is 5.15 Å². The first-order valence-electron chi connectivity index (χ1n) is 5.71. The molecule has 0 N–H and O–H groups in total. The van der Waals surface area contributed by atoms with E-state index in [1.165, 1.54) is 26.2 Å². The molecule has 2 aromatic heterocycles. The van der Waals surface area contributed by atoms with Crippen molar-refractivity contribution in [3.63, 3.8) is 0 Å². The SMILES string of the molecule is CC(=O)c1cnc(OCC(C)F)c2cnc(Cl)cc12. The van der Waals surface area contributed by atoms with E-state index < -0.39 is 6.17 Å². The molecule has 0 aliphatic carbocycles. The molecule has 0 saturated carbocycles. The Hall–Kier alpha value is -1.75. The standard InChI is InChI=1S/C13H12ClFN2O2/c1-7(15)6-19-13-11-5-16-12(14)3-9(11)10(4-17-13)8(2)18/h3-5,7H,6H2,1-2H3. The molecule has 0 aliphatic heterocycles. The number of hydrogen-bond acceptors (Lipinski definition) is 4. The molecule has 2 aromatic rings. The molecule has 0 aromatic carbocycles. The van der Waals surface area contributed by atoms with Crippen LogP contribution in [0.15, 0.2) is 18.5 Å². The molecule has 0 fully saturated rings. The van der Waals surface area contributed by atoms with Gasteiger partial charge in [0.2, 0.25) is 5.88 Å². The molecule has 0 aliphatic rings. The van der Waals surface area contributed by atoms with E-state index in [4.69, 9.17) is 16.3 Å². The van der Waals surface area contributed by atoms with E-state index in [0.29, 0.717) is 16.3 Å². The zero-order valence-electron chi connectivity index (χ0n) is 10.5. The Morgan fingerprint density at radius 2 is 2.16 bits per heavy atom. The second-order valence-electron chi connectivity index (χ2n) is 4.18. The third kappa shape index (κ3) is 2.98. The van der Waals surface area contributed by atoms with Gasteiger partial charge in [0.15, 0.2) is 5.78 Å². The maximum absolute atomic E-state index is 12.8. The molecule has 0 bridgehead atoms. The number of carbonyl (C=O) groups excluding carboxylic acids is 1. The number of ketones is 1. The lowest BCUT2D eigenvalue weighted by Gasteiger charge is -2.10. The van der Waals surface area contributed by atoms with Crippen LogP contribution in [0.4, 0.5) is 4.39 Å². The number of hydrogen-bond donors (Lipinski definition) is 0. The molecule has 100 valence electrons. The molecular formula is C13H12ClFN2O2. The van der Waals surface area contributed by atoms with Gasteiger partial charge in [0.25, 0.3) is 0 Å². The molecule has 0 radical (unpaired) electrons. The van der Waals surface area contributed by atoms with Crippen LogP contribution in [0.1, 0.15) is 24.2 Å². The van der Waals surface area contributed by atoms with E-state index in [0.717, 1.165) is 0 Å². The number of aromatic nitrogens is 2. The summed E-state index contributed by atoms with van der Waals surface area (Å²) in [6, 6.07) is 1.57. The van der Waals surface area contributed by atoms with Crippen molar-refractivity contribution in [3.8, 4) is 5.88 Å². The summed E-state index contributed by atoms with van der Waals surface area (Å²) in [4.78, 5) is 19.5. The van der Waals surface area contributed by atoms with Crippen molar-refractivity contribution >= 4 is 28.2 Å². The first-order chi connectivity index (χ1) is 8.99. The van der Waals surface area contributed by atoms with Gasteiger partial charge >= 0.3 is 0 Å². The molecule has 0 amide bonds. The van der Waals surface area contributed by atoms with Crippen LogP contribution < -0.4 is 4.74 Å². The van der Waals surface area contributed by atoms with Gasteiger partial charge < -0.3 is 4.74 Å². The van der Waals surface area contributed by atoms with Crippen molar-refractivity contribution in [3.05, 3.63) is 29.2 Å². The number of ether oxygens (including phenoxy) is 1. The lowest BCUT2D eigenvalue weighted by molar-refractivity contribution is 0.101. The largest absolute Gasteiger partial charge is 0.474 e. The van der Waals surface area contributed by atoms with Crippen LogP contribution in [0.3, 0.4) is 0 Å². The number of fused-ring (bicyclic) bond motifs is 1. The highest BCUT2D eigenvalue weighted by Gasteiger charge is 2.13. The molecule has 6 heteroatoms. The molecule has 2 rings (SSSR count). The molecule has 0 saturated heterocycles. The quantitative estimate of drug-likeness (QED) is 0.638. The minimum atomic E-state index is -1.11. The highest BCUT2D eigenvalue weighted by atomic mass is 35.5. The minimum Gasteiger partial charge on any atom is -0.474 e. The van der Waals surface area contributed by atoms with E-state index >= 15 is 0 Å². The molecule has 19 heavy (non-hydrogen) atoms. The van der Waals surface area contributed by atoms with Gasteiger partial charge in [0, 0.05) is 23.3 Å². The van der Waals surface area contributed by atoms with Crippen LogP contribution in [-0.4, -0.2) is 28.5 Å². The predicted molar refractivity (Wildman–Crippen MR) is 70.6 cm³/mol. The van der Waals surface area contributed by atoms with Gasteiger partial charge in [-0.05, 0) is 19.9 Å². The first-order valence-corrected chi connectivity index (χ1v) is 6.09. The Bertz CT molecular complexity index is 631. The van der Waals surface area contributed by atoms with Crippen molar-refractivity contribution < 1.29 is 13.9 Å². The second-order valence-corrected chi connectivity index (χ2v) is 4.56. The fourth-order valence-corrected chi connectivity index (χ4v) is 1.83. The van der Waals surface area contributed by atoms with Gasteiger partial charge in [0.1, 0.15) is 17.9 Å². The number of rotatable bonds is 4. The lowest BCUT2D eigenvalue weighted by Crippen LogP contribution is -2.10. The van der Waals surface area contributed by atoms with Gasteiger partial charge in [-0.25, -0.2) is 14.4 Å². The monoisotopic (exact) mass is 282 g/mol. The van der Waals surface area contributed by atoms with Crippen molar-refractivity contribution in [1.29, 1.82) is 0 Å². The number of halogens is 2. The summed E-state index contributed by atoms with van der Waals surface area (Å²) in [5.41, 5.74) is 0.431. The summed E-state index contributed by atoms with van der Waals surface area (Å²) in [6.07, 6.45) is 1.76. The van der Waals surface area contributed by atoms with E-state index in [2.05, 4.69) is 9.97 Å². The highest BCUT2D eigenvalue weighted by molar-refractivity contribution is 6.30. The second kappa shape index (κ2) is 5.48. The van der Waals surface area contributed by atoms with Crippen molar-refractivity contribution in [1.82, 2.24) is 9.97 Å². The van der Waals surface area contributed by atoms with Crippen molar-refractivity contribution in [2.24, 2.45) is 0 Å². The zero-order chi connectivity index (χ0) is 14.0. The summed E-state index contributed by atoms with van der Waals surface area (Å²) < 4.78 is 18.1. The van der Waals surface area contributed by atoms with Gasteiger partial charge in [-0.2, -0.15) is 0 Å². The van der Waals surface area contributed by atoms with Gasteiger partial charge in [-0.15, -0.1) is 0 Å². The zero-order valence-corrected chi connectivity index (χ0v) is 11.2. The molecule has 2 heterocycles. The van der Waals surface area contributed by atoms with Gasteiger partial charge in [-0.3, -0.25) is 4.79 Å². The summed E-state index contributed by atoms with van der Waals surface area (Å²) in [7, 11) is 0. The maximum Gasteiger partial charge on any atom is 0.223 e. The number of carbonyl (C=O) groups is 1. The summed E-state index contributed by atoms with van der Waals surface area (Å²) in [5, 5.41) is 1.41. The van der Waals surface area contributed by atoms with Gasteiger partial charge in [0.05, 0.1) is 5.39 Å². The van der Waals surface area contributed by atoms with E-state index in [9.17, 15) is 9.18 Å². The normalized spacial score (nSPS) is 12.4. The Morgan fingerprint density at radius 3 is 2.79 bits per heavy atom. The summed E-state index contributed by atoms with van der Waals surface area (Å²) >= 11 is 5.83. The number of pyridine rings is 2. The third-order valence-corrected chi connectivity index (χ3v) is 2.74. The minimum absolute atomic E-state index is 0.107. The Balaban J connectivity index is 2.56. The number of nitrogens with zero attached hydrogens (tertiary/aromatic N) is 2. The Labute approximate surface area is 114 Å². The fourth-order valence-electron chi connectivity index (χ4n) is 1.67. The lowest BCUT2D eigenvalue weighted by atomic mass is 10.1. The van der Waals surface area contributed by atoms with E-state index in [-0.39, 0.29) is 23.4 Å². The summed E-state index contributed by atoms with van der Waals surface area (Å²) in [6.45, 7) is 2.72. The Kier molecular flexibility index (Phi) is 3.95. The molecule has 0 spiro atoms. The third-order valence-electron chi connectivity index (χ3n) is 2.53. The van der Waals surface area contributed by atoms with Crippen molar-refractivity contribution in [2.45, 2.75) is 20.0 Å². The van der Waals surface area contributed by atoms with Crippen LogP contribution >= 0.6 is 11.6 Å². The van der Waals surface area contributed by atoms with Crippen LogP contribution in [-0.2, 0) is 0 Å². The Morgan fingerprint density at radius 1 is 1.42 bits per heavy atom. The molecule has 4 nitrogen and oxygen atoms in total. The molecule has 1 unspecified atom stereocenters. The average Bonchev–Trinajstić information content (AvgIpc) is 2.34. The smallest absolute Gasteiger partial charge is 0.223 e. The maximum atomic E-state index is 12.8. The van der Waals surface area contributed by atoms with E-state index in [1.807, 2.05) is 0 Å². The van der Waals surface area contributed by atoms with Crippen LogP contribution in [0, 0.1) is 0 Å². The van der Waals surface area contributed by atoms with E-state index in [1.54, 1.807) is 6.07 Å². The average molecular weight is 283 g/mol. The first kappa shape index (κ1) is 13.7. The topological polar surface area (TPSA) is 52.1 Å². The highest BCUT2D eigenvalue weighted by Crippen LogP contribution is 2.27. The fraction of sp³-hybridized carbons (Fsp3) is 0.308. The molecular weight excluding hydrogens is 271 g/mol. The summed E-state index contributed by atoms with van der Waals surface area (Å²) in [5.74, 6) is 0.110. The number of Topliss-reactive ketones (excluding diaryl/α,β-unsaturated/α-hetero) is 1. The van der Waals surface area contributed by atoms with Gasteiger partial charge in [-0.1, -0.05) is 11.6 Å².